The van der Waals surface area contributed by atoms with E-state index in [0.29, 0.717) is 5.92 Å². The van der Waals surface area contributed by atoms with Gasteiger partial charge in [0.05, 0.1) is 5.52 Å². The molecule has 0 aliphatic carbocycles. The molecule has 3 heteroatoms. The van der Waals surface area contributed by atoms with E-state index < -0.39 is 0 Å². The fourth-order valence-corrected chi connectivity index (χ4v) is 1.98. The molecule has 0 bridgehead atoms. The van der Waals surface area contributed by atoms with Crippen LogP contribution < -0.4 is 10.9 Å². The zero-order chi connectivity index (χ0) is 10.1. The molecule has 0 spiro atoms. The number of aromatic nitrogens is 1. The highest BCUT2D eigenvalue weighted by Crippen LogP contribution is 2.18. The van der Waals surface area contributed by atoms with Gasteiger partial charge in [-0.2, -0.15) is 0 Å². The lowest BCUT2D eigenvalue weighted by Crippen LogP contribution is -2.21. The molecule has 1 saturated heterocycles. The molecule has 1 aromatic carbocycles. The molecule has 0 atom stereocenters. The zero-order valence-corrected chi connectivity index (χ0v) is 8.40. The van der Waals surface area contributed by atoms with Gasteiger partial charge in [-0.3, -0.25) is 15.8 Å². The van der Waals surface area contributed by atoms with Crippen molar-refractivity contribution in [2.24, 2.45) is 0 Å². The Hall–Kier alpha value is -1.45. The third-order valence-electron chi connectivity index (χ3n) is 2.86. The maximum atomic E-state index is 4.68. The maximum absolute atomic E-state index is 4.68. The number of nitrogens with zero attached hydrogens (tertiary/aromatic N) is 1. The average molecular weight is 199 g/mol. The van der Waals surface area contributed by atoms with Crippen molar-refractivity contribution in [3.8, 4) is 0 Å². The van der Waals surface area contributed by atoms with Gasteiger partial charge in [0.1, 0.15) is 0 Å². The molecule has 1 aliphatic rings. The normalized spacial score (nSPS) is 17.3. The number of benzene rings is 1. The molecule has 1 fully saturated rings. The van der Waals surface area contributed by atoms with Gasteiger partial charge < -0.3 is 0 Å². The van der Waals surface area contributed by atoms with Gasteiger partial charge in [-0.1, -0.05) is 24.3 Å². The number of hydrogen-bond acceptors (Lipinski definition) is 3. The van der Waals surface area contributed by atoms with Crippen LogP contribution in [0.4, 0.5) is 0 Å². The summed E-state index contributed by atoms with van der Waals surface area (Å²) in [5, 5.41) is 1.21. The predicted molar refractivity (Wildman–Crippen MR) is 60.5 cm³/mol. The molecule has 76 valence electrons. The standard InChI is InChI=1S/C12H13N3/c1-2-4-11-9(3-1)5-6-12(15-11)10-7-13-14-8-10/h1-6,10,13-14H,7-8H2. The first-order valence-corrected chi connectivity index (χ1v) is 5.25. The van der Waals surface area contributed by atoms with E-state index in [1.165, 1.54) is 11.1 Å². The van der Waals surface area contributed by atoms with Gasteiger partial charge in [0.15, 0.2) is 0 Å². The van der Waals surface area contributed by atoms with Crippen LogP contribution >= 0.6 is 0 Å². The van der Waals surface area contributed by atoms with Crippen molar-refractivity contribution in [2.75, 3.05) is 13.1 Å². The van der Waals surface area contributed by atoms with E-state index >= 15 is 0 Å². The smallest absolute Gasteiger partial charge is 0.0705 e. The Kier molecular flexibility index (Phi) is 2.12. The average Bonchev–Trinajstić information content (AvgIpc) is 2.82. The molecular weight excluding hydrogens is 186 g/mol. The van der Waals surface area contributed by atoms with E-state index in [4.69, 9.17) is 0 Å². The molecule has 2 aromatic rings. The Morgan fingerprint density at radius 3 is 2.67 bits per heavy atom. The van der Waals surface area contributed by atoms with Crippen molar-refractivity contribution in [2.45, 2.75) is 5.92 Å². The van der Waals surface area contributed by atoms with Crippen LogP contribution in [0.3, 0.4) is 0 Å². The number of rotatable bonds is 1. The van der Waals surface area contributed by atoms with Crippen LogP contribution in [0.2, 0.25) is 0 Å². The summed E-state index contributed by atoms with van der Waals surface area (Å²) >= 11 is 0. The second kappa shape index (κ2) is 3.61. The highest BCUT2D eigenvalue weighted by Gasteiger charge is 2.17. The number of para-hydroxylation sites is 1. The van der Waals surface area contributed by atoms with Gasteiger partial charge in [0, 0.05) is 30.1 Å². The highest BCUT2D eigenvalue weighted by molar-refractivity contribution is 5.78. The summed E-state index contributed by atoms with van der Waals surface area (Å²) in [6.45, 7) is 1.93. The van der Waals surface area contributed by atoms with Gasteiger partial charge in [-0.05, 0) is 12.1 Å². The minimum atomic E-state index is 0.495. The van der Waals surface area contributed by atoms with E-state index in [2.05, 4.69) is 40.1 Å². The predicted octanol–water partition coefficient (Wildman–Crippen LogP) is 1.43. The molecule has 2 heterocycles. The van der Waals surface area contributed by atoms with Crippen LogP contribution in [-0.4, -0.2) is 18.1 Å². The Balaban J connectivity index is 2.05. The summed E-state index contributed by atoms with van der Waals surface area (Å²) < 4.78 is 0. The molecule has 3 nitrogen and oxygen atoms in total. The SMILES string of the molecule is c1ccc2nc(C3CNNC3)ccc2c1. The van der Waals surface area contributed by atoms with Gasteiger partial charge >= 0.3 is 0 Å². The lowest BCUT2D eigenvalue weighted by atomic mass is 10.1. The van der Waals surface area contributed by atoms with Crippen LogP contribution in [0.1, 0.15) is 11.6 Å². The topological polar surface area (TPSA) is 37.0 Å². The highest BCUT2D eigenvalue weighted by atomic mass is 15.4. The Morgan fingerprint density at radius 1 is 1.00 bits per heavy atom. The quantitative estimate of drug-likeness (QED) is 0.729. The number of pyridine rings is 1. The summed E-state index contributed by atoms with van der Waals surface area (Å²) in [4.78, 5) is 4.68. The molecule has 0 unspecified atom stereocenters. The lowest BCUT2D eigenvalue weighted by Gasteiger charge is -2.07. The van der Waals surface area contributed by atoms with Crippen LogP contribution in [-0.2, 0) is 0 Å². The molecule has 1 aliphatic heterocycles. The minimum absolute atomic E-state index is 0.495. The van der Waals surface area contributed by atoms with Crippen LogP contribution in [0.15, 0.2) is 36.4 Å². The van der Waals surface area contributed by atoms with Crippen molar-refractivity contribution >= 4 is 10.9 Å². The van der Waals surface area contributed by atoms with E-state index in [9.17, 15) is 0 Å². The molecular formula is C12H13N3. The number of hydrazine groups is 1. The molecule has 1 aromatic heterocycles. The zero-order valence-electron chi connectivity index (χ0n) is 8.40. The number of nitrogens with one attached hydrogen (secondary N) is 2. The second-order valence-electron chi connectivity index (χ2n) is 3.89. The molecule has 15 heavy (non-hydrogen) atoms. The third kappa shape index (κ3) is 1.60. The van der Waals surface area contributed by atoms with Gasteiger partial charge in [0.25, 0.3) is 0 Å². The minimum Gasteiger partial charge on any atom is -0.257 e. The fraction of sp³-hybridized carbons (Fsp3) is 0.250. The Morgan fingerprint density at radius 2 is 1.80 bits per heavy atom. The monoisotopic (exact) mass is 199 g/mol. The van der Waals surface area contributed by atoms with E-state index in [1.807, 2.05) is 12.1 Å². The molecule has 0 radical (unpaired) electrons. The molecule has 0 amide bonds. The van der Waals surface area contributed by atoms with Gasteiger partial charge in [0.2, 0.25) is 0 Å². The molecule has 2 N–H and O–H groups in total. The number of hydrogen-bond donors (Lipinski definition) is 2. The Bertz CT molecular complexity index is 475. The summed E-state index contributed by atoms with van der Waals surface area (Å²) in [5.41, 5.74) is 8.52. The van der Waals surface area contributed by atoms with Crippen molar-refractivity contribution < 1.29 is 0 Å². The first-order valence-electron chi connectivity index (χ1n) is 5.25. The van der Waals surface area contributed by atoms with Gasteiger partial charge in [-0.15, -0.1) is 0 Å². The third-order valence-corrected chi connectivity index (χ3v) is 2.86. The van der Waals surface area contributed by atoms with Crippen LogP contribution in [0, 0.1) is 0 Å². The summed E-state index contributed by atoms with van der Waals surface area (Å²) in [5.74, 6) is 0.495. The first-order chi connectivity index (χ1) is 7.43. The van der Waals surface area contributed by atoms with E-state index in [-0.39, 0.29) is 0 Å². The number of fused-ring (bicyclic) bond motifs is 1. The van der Waals surface area contributed by atoms with Crippen molar-refractivity contribution in [3.05, 3.63) is 42.1 Å². The summed E-state index contributed by atoms with van der Waals surface area (Å²) in [6, 6.07) is 12.5. The lowest BCUT2D eigenvalue weighted by molar-refractivity contribution is 0.689. The van der Waals surface area contributed by atoms with Crippen LogP contribution in [0.5, 0.6) is 0 Å². The van der Waals surface area contributed by atoms with Crippen molar-refractivity contribution in [1.29, 1.82) is 0 Å². The first kappa shape index (κ1) is 8.83. The van der Waals surface area contributed by atoms with E-state index in [0.717, 1.165) is 18.6 Å². The maximum Gasteiger partial charge on any atom is 0.0705 e. The summed E-state index contributed by atoms with van der Waals surface area (Å²) in [7, 11) is 0. The van der Waals surface area contributed by atoms with Gasteiger partial charge in [-0.25, -0.2) is 0 Å². The Labute approximate surface area is 88.5 Å². The van der Waals surface area contributed by atoms with Crippen molar-refractivity contribution in [1.82, 2.24) is 15.8 Å². The fourth-order valence-electron chi connectivity index (χ4n) is 1.98. The van der Waals surface area contributed by atoms with Crippen molar-refractivity contribution in [3.63, 3.8) is 0 Å². The summed E-state index contributed by atoms with van der Waals surface area (Å²) in [6.07, 6.45) is 0. The van der Waals surface area contributed by atoms with Crippen LogP contribution in [0.25, 0.3) is 10.9 Å². The largest absolute Gasteiger partial charge is 0.257 e. The molecule has 3 rings (SSSR count). The molecule has 0 saturated carbocycles. The van der Waals surface area contributed by atoms with E-state index in [1.54, 1.807) is 0 Å². The second-order valence-corrected chi connectivity index (χ2v) is 3.89.